The molecular weight excluding hydrogens is 444 g/mol. The van der Waals surface area contributed by atoms with Crippen LogP contribution in [0.5, 0.6) is 11.5 Å². The Morgan fingerprint density at radius 1 is 0.636 bits per heavy atom. The van der Waals surface area contributed by atoms with E-state index in [9.17, 15) is 10.2 Å². The van der Waals surface area contributed by atoms with Crippen molar-refractivity contribution in [2.75, 3.05) is 5.08 Å². The maximum absolute atomic E-state index is 11.2. The van der Waals surface area contributed by atoms with Crippen LogP contribution in [0.15, 0.2) is 34.1 Å². The van der Waals surface area contributed by atoms with Crippen LogP contribution in [0.4, 0.5) is 0 Å². The molecule has 2 aliphatic rings. The summed E-state index contributed by atoms with van der Waals surface area (Å²) < 4.78 is 0. The summed E-state index contributed by atoms with van der Waals surface area (Å²) in [7, 11) is 0. The van der Waals surface area contributed by atoms with Gasteiger partial charge in [0.15, 0.2) is 0 Å². The van der Waals surface area contributed by atoms with Gasteiger partial charge >= 0.3 is 0 Å². The minimum atomic E-state index is 0.0793. The molecule has 33 heavy (non-hydrogen) atoms. The van der Waals surface area contributed by atoms with E-state index >= 15 is 0 Å². The van der Waals surface area contributed by atoms with E-state index in [0.717, 1.165) is 51.7 Å². The summed E-state index contributed by atoms with van der Waals surface area (Å²) in [6.07, 6.45) is 12.2. The molecule has 4 heteroatoms. The van der Waals surface area contributed by atoms with E-state index in [1.165, 1.54) is 49.7 Å². The van der Waals surface area contributed by atoms with Gasteiger partial charge in [-0.15, -0.1) is 23.5 Å². The van der Waals surface area contributed by atoms with Gasteiger partial charge in [-0.05, 0) is 73.6 Å². The standard InChI is InChI=1S/C29H40O2S2/c1-20-15-22(28(3)11-7-5-8-12-28)26(30)24(17-20)32-19-33-25-18-21(2)16-23(27(25)31)29(4)13-9-6-10-14-29/h15-18,30-31H,5-14,19H2,1-4H3. The summed E-state index contributed by atoms with van der Waals surface area (Å²) in [5, 5.41) is 23.2. The molecule has 2 nitrogen and oxygen atoms in total. The summed E-state index contributed by atoms with van der Waals surface area (Å²) in [5.74, 6) is 0.943. The summed E-state index contributed by atoms with van der Waals surface area (Å²) in [6, 6.07) is 8.62. The number of aromatic hydroxyl groups is 2. The predicted molar refractivity (Wildman–Crippen MR) is 143 cm³/mol. The van der Waals surface area contributed by atoms with E-state index in [0.29, 0.717) is 11.5 Å². The molecule has 0 atom stereocenters. The first-order valence-electron chi connectivity index (χ1n) is 12.7. The SMILES string of the molecule is Cc1cc(SCSc2cc(C)cc(C3(C)CCCCC3)c2O)c(O)c(C2(C)CCCCC2)c1. The highest BCUT2D eigenvalue weighted by Crippen LogP contribution is 2.49. The molecule has 0 bridgehead atoms. The Kier molecular flexibility index (Phi) is 7.65. The zero-order valence-electron chi connectivity index (χ0n) is 20.8. The Bertz CT molecular complexity index is 906. The van der Waals surface area contributed by atoms with Gasteiger partial charge in [-0.1, -0.05) is 64.5 Å². The molecule has 2 saturated carbocycles. The van der Waals surface area contributed by atoms with Crippen LogP contribution in [-0.2, 0) is 10.8 Å². The third kappa shape index (κ3) is 5.37. The first-order chi connectivity index (χ1) is 15.7. The molecule has 0 spiro atoms. The van der Waals surface area contributed by atoms with Gasteiger partial charge in [-0.3, -0.25) is 0 Å². The average molecular weight is 485 g/mol. The van der Waals surface area contributed by atoms with Crippen molar-refractivity contribution in [1.82, 2.24) is 0 Å². The maximum atomic E-state index is 11.2. The molecular formula is C29H40O2S2. The quantitative estimate of drug-likeness (QED) is 0.317. The molecule has 180 valence electrons. The van der Waals surface area contributed by atoms with E-state index in [1.54, 1.807) is 23.5 Å². The number of aryl methyl sites for hydroxylation is 2. The second-order valence-corrected chi connectivity index (χ2v) is 13.4. The van der Waals surface area contributed by atoms with Crippen molar-refractivity contribution < 1.29 is 10.2 Å². The third-order valence-corrected chi connectivity index (χ3v) is 10.3. The van der Waals surface area contributed by atoms with Crippen molar-refractivity contribution >= 4 is 23.5 Å². The Hall–Kier alpha value is -1.26. The molecule has 0 aliphatic heterocycles. The molecule has 2 aromatic carbocycles. The zero-order valence-corrected chi connectivity index (χ0v) is 22.4. The summed E-state index contributed by atoms with van der Waals surface area (Å²) in [4.78, 5) is 1.94. The van der Waals surface area contributed by atoms with Crippen LogP contribution in [0.3, 0.4) is 0 Å². The van der Waals surface area contributed by atoms with Crippen molar-refractivity contribution in [3.63, 3.8) is 0 Å². The van der Waals surface area contributed by atoms with E-state index in [4.69, 9.17) is 0 Å². The fraction of sp³-hybridized carbons (Fsp3) is 0.586. The Balaban J connectivity index is 1.52. The molecule has 2 fully saturated rings. The summed E-state index contributed by atoms with van der Waals surface area (Å²) >= 11 is 3.38. The van der Waals surface area contributed by atoms with E-state index in [1.807, 2.05) is 0 Å². The average Bonchev–Trinajstić information content (AvgIpc) is 2.78. The van der Waals surface area contributed by atoms with E-state index in [-0.39, 0.29) is 10.8 Å². The lowest BCUT2D eigenvalue weighted by Gasteiger charge is -2.35. The summed E-state index contributed by atoms with van der Waals surface area (Å²) in [5.41, 5.74) is 4.84. The number of thioether (sulfide) groups is 2. The molecule has 0 aromatic heterocycles. The second-order valence-electron chi connectivity index (χ2n) is 11.0. The molecule has 2 N–H and O–H groups in total. The topological polar surface area (TPSA) is 40.5 Å². The first-order valence-corrected chi connectivity index (χ1v) is 14.6. The van der Waals surface area contributed by atoms with Gasteiger partial charge < -0.3 is 10.2 Å². The van der Waals surface area contributed by atoms with Crippen molar-refractivity contribution in [1.29, 1.82) is 0 Å². The number of phenols is 2. The van der Waals surface area contributed by atoms with Gasteiger partial charge in [0.25, 0.3) is 0 Å². The van der Waals surface area contributed by atoms with E-state index in [2.05, 4.69) is 52.0 Å². The minimum Gasteiger partial charge on any atom is -0.506 e. The highest BCUT2D eigenvalue weighted by Gasteiger charge is 2.33. The number of rotatable bonds is 6. The zero-order chi connectivity index (χ0) is 23.6. The van der Waals surface area contributed by atoms with E-state index < -0.39 is 0 Å². The lowest BCUT2D eigenvalue weighted by atomic mass is 9.70. The van der Waals surface area contributed by atoms with Crippen LogP contribution in [0.25, 0.3) is 0 Å². The van der Waals surface area contributed by atoms with Crippen molar-refractivity contribution in [2.45, 2.75) is 113 Å². The third-order valence-electron chi connectivity index (χ3n) is 8.08. The lowest BCUT2D eigenvalue weighted by molar-refractivity contribution is 0.306. The number of phenolic OH excluding ortho intramolecular Hbond substituents is 2. The molecule has 0 radical (unpaired) electrons. The van der Waals surface area contributed by atoms with Gasteiger partial charge in [0.1, 0.15) is 11.5 Å². The normalized spacial score (nSPS) is 20.0. The number of hydrogen-bond donors (Lipinski definition) is 2. The van der Waals surface area contributed by atoms with Crippen LogP contribution in [0, 0.1) is 13.8 Å². The molecule has 0 saturated heterocycles. The largest absolute Gasteiger partial charge is 0.506 e. The van der Waals surface area contributed by atoms with Crippen LogP contribution in [0.2, 0.25) is 0 Å². The molecule has 0 heterocycles. The number of benzene rings is 2. The van der Waals surface area contributed by atoms with Crippen LogP contribution < -0.4 is 0 Å². The van der Waals surface area contributed by atoms with Crippen LogP contribution in [-0.4, -0.2) is 15.3 Å². The molecule has 0 amide bonds. The molecule has 2 aromatic rings. The predicted octanol–water partition coefficient (Wildman–Crippen LogP) is 9.00. The van der Waals surface area contributed by atoms with Gasteiger partial charge in [0, 0.05) is 16.2 Å². The minimum absolute atomic E-state index is 0.0793. The fourth-order valence-electron chi connectivity index (χ4n) is 5.99. The van der Waals surface area contributed by atoms with Gasteiger partial charge in [0.05, 0.1) is 9.79 Å². The van der Waals surface area contributed by atoms with Crippen LogP contribution >= 0.6 is 23.5 Å². The van der Waals surface area contributed by atoms with Gasteiger partial charge in [-0.25, -0.2) is 0 Å². The highest BCUT2D eigenvalue weighted by molar-refractivity contribution is 8.16. The Morgan fingerprint density at radius 3 is 1.36 bits per heavy atom. The summed E-state index contributed by atoms with van der Waals surface area (Å²) in [6.45, 7) is 8.91. The first kappa shape index (κ1) is 24.9. The maximum Gasteiger partial charge on any atom is 0.132 e. The van der Waals surface area contributed by atoms with Crippen LogP contribution in [0.1, 0.15) is 100 Å². The van der Waals surface area contributed by atoms with Crippen molar-refractivity contribution in [3.8, 4) is 11.5 Å². The monoisotopic (exact) mass is 484 g/mol. The fourth-order valence-corrected chi connectivity index (χ4v) is 8.27. The van der Waals surface area contributed by atoms with Gasteiger partial charge in [-0.2, -0.15) is 0 Å². The second kappa shape index (κ2) is 10.2. The highest BCUT2D eigenvalue weighted by atomic mass is 32.2. The van der Waals surface area contributed by atoms with Crippen molar-refractivity contribution in [3.05, 3.63) is 46.5 Å². The molecule has 2 aliphatic carbocycles. The smallest absolute Gasteiger partial charge is 0.132 e. The number of hydrogen-bond acceptors (Lipinski definition) is 4. The molecule has 0 unspecified atom stereocenters. The Morgan fingerprint density at radius 2 is 1.00 bits per heavy atom. The van der Waals surface area contributed by atoms with Gasteiger partial charge in [0.2, 0.25) is 0 Å². The van der Waals surface area contributed by atoms with Crippen molar-refractivity contribution in [2.24, 2.45) is 0 Å². The Labute approximate surface area is 209 Å². The molecule has 4 rings (SSSR count). The lowest BCUT2D eigenvalue weighted by Crippen LogP contribution is -2.25.